The molecule has 1 aromatic rings. The van der Waals surface area contributed by atoms with Crippen molar-refractivity contribution in [3.63, 3.8) is 0 Å². The number of amides is 1. The summed E-state index contributed by atoms with van der Waals surface area (Å²) in [6.45, 7) is 4.82. The van der Waals surface area contributed by atoms with Crippen LogP contribution in [0.15, 0.2) is 18.3 Å². The molecule has 0 fully saturated rings. The van der Waals surface area contributed by atoms with Crippen LogP contribution in [0.4, 0.5) is 18.0 Å². The zero-order chi connectivity index (χ0) is 17.1. The van der Waals surface area contributed by atoms with Crippen LogP contribution >= 0.6 is 0 Å². The first-order valence-electron chi connectivity index (χ1n) is 6.40. The summed E-state index contributed by atoms with van der Waals surface area (Å²) in [5.74, 6) is 0. The van der Waals surface area contributed by atoms with E-state index in [1.54, 1.807) is 20.8 Å². The van der Waals surface area contributed by atoms with Crippen LogP contribution in [0.2, 0.25) is 0 Å². The SMILES string of the molecule is CN(C(=O)OC(C)(C)C)C(C=O)c1ncccc1C(F)(F)F. The van der Waals surface area contributed by atoms with Gasteiger partial charge in [0.25, 0.3) is 0 Å². The number of nitrogens with zero attached hydrogens (tertiary/aromatic N) is 2. The van der Waals surface area contributed by atoms with Crippen LogP contribution in [-0.2, 0) is 15.7 Å². The van der Waals surface area contributed by atoms with Crippen molar-refractivity contribution in [2.45, 2.75) is 38.6 Å². The number of rotatable bonds is 3. The average molecular weight is 318 g/mol. The van der Waals surface area contributed by atoms with Gasteiger partial charge in [0.2, 0.25) is 0 Å². The summed E-state index contributed by atoms with van der Waals surface area (Å²) in [5.41, 5.74) is -2.45. The van der Waals surface area contributed by atoms with Gasteiger partial charge in [-0.3, -0.25) is 9.88 Å². The molecule has 1 aromatic heterocycles. The normalized spacial score (nSPS) is 13.4. The van der Waals surface area contributed by atoms with Crippen molar-refractivity contribution in [1.82, 2.24) is 9.88 Å². The van der Waals surface area contributed by atoms with Gasteiger partial charge in [-0.1, -0.05) is 0 Å². The molecule has 0 bridgehead atoms. The minimum absolute atomic E-state index is 0.224. The van der Waals surface area contributed by atoms with Gasteiger partial charge in [0.15, 0.2) is 0 Å². The van der Waals surface area contributed by atoms with Gasteiger partial charge in [-0.25, -0.2) is 4.79 Å². The lowest BCUT2D eigenvalue weighted by Crippen LogP contribution is -2.38. The Kier molecular flexibility index (Phi) is 5.16. The predicted molar refractivity (Wildman–Crippen MR) is 72.0 cm³/mol. The number of alkyl halides is 3. The zero-order valence-electron chi connectivity index (χ0n) is 12.6. The second kappa shape index (κ2) is 6.33. The van der Waals surface area contributed by atoms with Crippen LogP contribution in [-0.4, -0.2) is 34.9 Å². The summed E-state index contributed by atoms with van der Waals surface area (Å²) < 4.78 is 44.0. The third kappa shape index (κ3) is 4.44. The highest BCUT2D eigenvalue weighted by atomic mass is 19.4. The first-order valence-corrected chi connectivity index (χ1v) is 6.40. The van der Waals surface area contributed by atoms with Crippen molar-refractivity contribution in [1.29, 1.82) is 0 Å². The molecule has 8 heteroatoms. The molecule has 0 aliphatic carbocycles. The Balaban J connectivity index is 3.17. The Labute approximate surface area is 126 Å². The molecule has 5 nitrogen and oxygen atoms in total. The van der Waals surface area contributed by atoms with Gasteiger partial charge in [0.1, 0.15) is 17.9 Å². The highest BCUT2D eigenvalue weighted by molar-refractivity contribution is 5.74. The molecule has 0 N–H and O–H groups in total. The van der Waals surface area contributed by atoms with Crippen LogP contribution in [0.5, 0.6) is 0 Å². The van der Waals surface area contributed by atoms with Gasteiger partial charge in [0.05, 0.1) is 11.3 Å². The maximum atomic E-state index is 13.0. The fourth-order valence-corrected chi connectivity index (χ4v) is 1.68. The first-order chi connectivity index (χ1) is 9.97. The van der Waals surface area contributed by atoms with Gasteiger partial charge in [-0.2, -0.15) is 13.2 Å². The van der Waals surface area contributed by atoms with Gasteiger partial charge < -0.3 is 9.53 Å². The van der Waals surface area contributed by atoms with Crippen molar-refractivity contribution in [3.8, 4) is 0 Å². The molecule has 1 amide bonds. The van der Waals surface area contributed by atoms with Crippen LogP contribution in [0, 0.1) is 0 Å². The van der Waals surface area contributed by atoms with Gasteiger partial charge in [0, 0.05) is 13.2 Å². The molecule has 1 unspecified atom stereocenters. The maximum absolute atomic E-state index is 13.0. The number of hydrogen-bond donors (Lipinski definition) is 0. The number of carbonyl (C=O) groups excluding carboxylic acids is 2. The summed E-state index contributed by atoms with van der Waals surface area (Å²) in [5, 5.41) is 0. The third-order valence-corrected chi connectivity index (χ3v) is 2.65. The molecule has 122 valence electrons. The van der Waals surface area contributed by atoms with E-state index in [1.807, 2.05) is 0 Å². The number of aromatic nitrogens is 1. The fourth-order valence-electron chi connectivity index (χ4n) is 1.68. The van der Waals surface area contributed by atoms with Crippen molar-refractivity contribution in [2.24, 2.45) is 0 Å². The Hall–Kier alpha value is -2.12. The lowest BCUT2D eigenvalue weighted by atomic mass is 10.1. The van der Waals surface area contributed by atoms with E-state index in [2.05, 4.69) is 4.98 Å². The zero-order valence-corrected chi connectivity index (χ0v) is 12.6. The van der Waals surface area contributed by atoms with E-state index in [0.717, 1.165) is 23.2 Å². The van der Waals surface area contributed by atoms with Crippen molar-refractivity contribution in [2.75, 3.05) is 7.05 Å². The van der Waals surface area contributed by atoms with Crippen molar-refractivity contribution in [3.05, 3.63) is 29.6 Å². The molecule has 1 heterocycles. The molecular formula is C14H17F3N2O3. The highest BCUT2D eigenvalue weighted by Gasteiger charge is 2.38. The second-order valence-electron chi connectivity index (χ2n) is 5.61. The maximum Gasteiger partial charge on any atom is 0.418 e. The molecule has 0 radical (unpaired) electrons. The van der Waals surface area contributed by atoms with Crippen LogP contribution in [0.25, 0.3) is 0 Å². The highest BCUT2D eigenvalue weighted by Crippen LogP contribution is 2.34. The number of hydrogen-bond acceptors (Lipinski definition) is 4. The van der Waals surface area contributed by atoms with Crippen LogP contribution in [0.3, 0.4) is 0 Å². The van der Waals surface area contributed by atoms with Crippen molar-refractivity contribution < 1.29 is 27.5 Å². The molecule has 0 saturated carbocycles. The number of aldehydes is 1. The number of ether oxygens (including phenoxy) is 1. The molecule has 1 rings (SSSR count). The monoisotopic (exact) mass is 318 g/mol. The number of pyridine rings is 1. The Morgan fingerprint density at radius 2 is 1.95 bits per heavy atom. The van der Waals surface area contributed by atoms with E-state index in [4.69, 9.17) is 4.74 Å². The van der Waals surface area contributed by atoms with E-state index in [0.29, 0.717) is 0 Å². The summed E-state index contributed by atoms with van der Waals surface area (Å²) in [7, 11) is 1.18. The topological polar surface area (TPSA) is 59.5 Å². The number of likely N-dealkylation sites (N-methyl/N-ethyl adjacent to an activating group) is 1. The molecule has 0 aromatic carbocycles. The van der Waals surface area contributed by atoms with E-state index < -0.39 is 35.2 Å². The Morgan fingerprint density at radius 3 is 2.41 bits per heavy atom. The van der Waals surface area contributed by atoms with E-state index in [1.165, 1.54) is 7.05 Å². The van der Waals surface area contributed by atoms with Crippen LogP contribution < -0.4 is 0 Å². The summed E-state index contributed by atoms with van der Waals surface area (Å²) >= 11 is 0. The first kappa shape index (κ1) is 17.9. The van der Waals surface area contributed by atoms with Gasteiger partial charge in [-0.15, -0.1) is 0 Å². The lowest BCUT2D eigenvalue weighted by Gasteiger charge is -2.28. The number of carbonyl (C=O) groups is 2. The Bertz CT molecular complexity index is 553. The van der Waals surface area contributed by atoms with Gasteiger partial charge >= 0.3 is 12.3 Å². The molecular weight excluding hydrogens is 301 g/mol. The smallest absolute Gasteiger partial charge is 0.418 e. The number of halogens is 3. The summed E-state index contributed by atoms with van der Waals surface area (Å²) in [6.07, 6.45) is -4.24. The predicted octanol–water partition coefficient (Wildman–Crippen LogP) is 3.21. The summed E-state index contributed by atoms with van der Waals surface area (Å²) in [6, 6.07) is 0.427. The third-order valence-electron chi connectivity index (χ3n) is 2.65. The molecule has 0 saturated heterocycles. The van der Waals surface area contributed by atoms with Gasteiger partial charge in [-0.05, 0) is 32.9 Å². The molecule has 0 aliphatic heterocycles. The largest absolute Gasteiger partial charge is 0.444 e. The molecule has 22 heavy (non-hydrogen) atoms. The fraction of sp³-hybridized carbons (Fsp3) is 0.500. The summed E-state index contributed by atoms with van der Waals surface area (Å²) in [4.78, 5) is 27.6. The quantitative estimate of drug-likeness (QED) is 0.803. The van der Waals surface area contributed by atoms with Crippen molar-refractivity contribution >= 4 is 12.4 Å². The Morgan fingerprint density at radius 1 is 1.36 bits per heavy atom. The minimum Gasteiger partial charge on any atom is -0.444 e. The molecule has 0 spiro atoms. The van der Waals surface area contributed by atoms with E-state index >= 15 is 0 Å². The second-order valence-corrected chi connectivity index (χ2v) is 5.61. The van der Waals surface area contributed by atoms with E-state index in [9.17, 15) is 22.8 Å². The minimum atomic E-state index is -4.68. The standard InChI is InChI=1S/C14H17F3N2O3/c1-13(2,3)22-12(21)19(4)10(8-20)11-9(14(15,16)17)6-5-7-18-11/h5-8,10H,1-4H3. The lowest BCUT2D eigenvalue weighted by molar-refractivity contribution is -0.139. The molecule has 0 aliphatic rings. The average Bonchev–Trinajstić information content (AvgIpc) is 2.36. The molecule has 1 atom stereocenters. The van der Waals surface area contributed by atoms with E-state index in [-0.39, 0.29) is 6.29 Å². The van der Waals surface area contributed by atoms with Crippen LogP contribution in [0.1, 0.15) is 38.1 Å².